The molecule has 3 atom stereocenters. The topological polar surface area (TPSA) is 58.3 Å². The van der Waals surface area contributed by atoms with E-state index in [2.05, 4.69) is 36.5 Å². The number of aliphatic hydroxyl groups excluding tert-OH is 1. The number of nitrogens with two attached hydrogens (primary N) is 1. The van der Waals surface area contributed by atoms with E-state index in [0.717, 1.165) is 18.4 Å². The van der Waals surface area contributed by atoms with Gasteiger partial charge >= 0.3 is 0 Å². The maximum absolute atomic E-state index is 10.2. The van der Waals surface area contributed by atoms with Gasteiger partial charge in [-0.1, -0.05) is 60.7 Å². The number of aryl methyl sites for hydroxylation is 1. The Hall–Kier alpha value is -1.68. The quantitative estimate of drug-likeness (QED) is 0.667. The number of hydrogen-bond donors (Lipinski definition) is 3. The summed E-state index contributed by atoms with van der Waals surface area (Å²) in [5, 5.41) is 13.6. The van der Waals surface area contributed by atoms with Crippen LogP contribution in [0.2, 0.25) is 0 Å². The molecule has 2 aromatic carbocycles. The molecule has 0 heterocycles. The summed E-state index contributed by atoms with van der Waals surface area (Å²) in [7, 11) is 0. The second-order valence-corrected chi connectivity index (χ2v) is 6.25. The molecule has 2 rings (SSSR count). The summed E-state index contributed by atoms with van der Waals surface area (Å²) in [6.07, 6.45) is 2.25. The standard InChI is InChI=1S/C20H28N2O/c1-16(12-13-17-8-4-2-5-9-17)22-15-20(23)19(21)14-18-10-6-3-7-11-18/h2-11,16,19-20,22-23H,12-15,21H2,1H3/t16?,19-,20-/m0/s1. The highest BCUT2D eigenvalue weighted by Gasteiger charge is 2.16. The summed E-state index contributed by atoms with van der Waals surface area (Å²) in [6, 6.07) is 20.7. The number of nitrogens with one attached hydrogen (secondary N) is 1. The molecule has 0 aliphatic heterocycles. The summed E-state index contributed by atoms with van der Waals surface area (Å²) in [5.41, 5.74) is 8.62. The van der Waals surface area contributed by atoms with Crippen molar-refractivity contribution < 1.29 is 5.11 Å². The van der Waals surface area contributed by atoms with E-state index >= 15 is 0 Å². The smallest absolute Gasteiger partial charge is 0.0818 e. The highest BCUT2D eigenvalue weighted by molar-refractivity contribution is 5.16. The summed E-state index contributed by atoms with van der Waals surface area (Å²) < 4.78 is 0. The molecule has 0 saturated carbocycles. The molecular weight excluding hydrogens is 284 g/mol. The molecule has 0 aromatic heterocycles. The Bertz CT molecular complexity index is 544. The van der Waals surface area contributed by atoms with Gasteiger partial charge in [-0.2, -0.15) is 0 Å². The van der Waals surface area contributed by atoms with Crippen LogP contribution in [0, 0.1) is 0 Å². The van der Waals surface area contributed by atoms with Crippen LogP contribution in [0.1, 0.15) is 24.5 Å². The van der Waals surface area contributed by atoms with E-state index in [1.807, 2.05) is 36.4 Å². The lowest BCUT2D eigenvalue weighted by atomic mass is 10.0. The third kappa shape index (κ3) is 6.53. The van der Waals surface area contributed by atoms with Gasteiger partial charge in [-0.15, -0.1) is 0 Å². The molecule has 0 amide bonds. The summed E-state index contributed by atoms with van der Waals surface area (Å²) in [4.78, 5) is 0. The second-order valence-electron chi connectivity index (χ2n) is 6.25. The molecule has 3 nitrogen and oxygen atoms in total. The molecule has 0 saturated heterocycles. The first kappa shape index (κ1) is 17.7. The van der Waals surface area contributed by atoms with Gasteiger partial charge in [0.2, 0.25) is 0 Å². The Kier molecular flexibility index (Phi) is 7.27. The Balaban J connectivity index is 1.67. The van der Waals surface area contributed by atoms with Crippen LogP contribution in [-0.4, -0.2) is 29.8 Å². The molecule has 23 heavy (non-hydrogen) atoms. The number of rotatable bonds is 9. The van der Waals surface area contributed by atoms with E-state index in [1.54, 1.807) is 0 Å². The first-order valence-electron chi connectivity index (χ1n) is 8.40. The fraction of sp³-hybridized carbons (Fsp3) is 0.400. The fourth-order valence-electron chi connectivity index (χ4n) is 2.63. The maximum atomic E-state index is 10.2. The monoisotopic (exact) mass is 312 g/mol. The Morgan fingerprint density at radius 3 is 2.13 bits per heavy atom. The molecule has 0 fully saturated rings. The van der Waals surface area contributed by atoms with Crippen LogP contribution in [0.3, 0.4) is 0 Å². The van der Waals surface area contributed by atoms with Gasteiger partial charge < -0.3 is 16.2 Å². The minimum atomic E-state index is -0.533. The van der Waals surface area contributed by atoms with E-state index in [1.165, 1.54) is 5.56 Å². The van der Waals surface area contributed by atoms with Crippen molar-refractivity contribution in [2.75, 3.05) is 6.54 Å². The zero-order valence-electron chi connectivity index (χ0n) is 13.9. The largest absolute Gasteiger partial charge is 0.390 e. The van der Waals surface area contributed by atoms with Crippen molar-refractivity contribution >= 4 is 0 Å². The van der Waals surface area contributed by atoms with Gasteiger partial charge in [0.25, 0.3) is 0 Å². The second kappa shape index (κ2) is 9.46. The molecule has 0 radical (unpaired) electrons. The van der Waals surface area contributed by atoms with E-state index in [0.29, 0.717) is 19.0 Å². The number of aliphatic hydroxyl groups is 1. The van der Waals surface area contributed by atoms with Gasteiger partial charge in [0.15, 0.2) is 0 Å². The molecular formula is C20H28N2O. The SMILES string of the molecule is CC(CCc1ccccc1)NC[C@H](O)[C@@H](N)Cc1ccccc1. The Morgan fingerprint density at radius 2 is 1.52 bits per heavy atom. The van der Waals surface area contributed by atoms with Crippen LogP contribution in [-0.2, 0) is 12.8 Å². The fourth-order valence-corrected chi connectivity index (χ4v) is 2.63. The predicted molar refractivity (Wildman–Crippen MR) is 96.4 cm³/mol. The van der Waals surface area contributed by atoms with E-state index in [9.17, 15) is 5.11 Å². The number of benzene rings is 2. The average Bonchev–Trinajstić information content (AvgIpc) is 2.59. The molecule has 124 valence electrons. The minimum absolute atomic E-state index is 0.244. The van der Waals surface area contributed by atoms with Crippen molar-refractivity contribution in [2.24, 2.45) is 5.73 Å². The zero-order chi connectivity index (χ0) is 16.5. The van der Waals surface area contributed by atoms with Crippen molar-refractivity contribution in [2.45, 2.75) is 44.4 Å². The highest BCUT2D eigenvalue weighted by Crippen LogP contribution is 2.06. The molecule has 4 N–H and O–H groups in total. The van der Waals surface area contributed by atoms with Gasteiger partial charge in [0.05, 0.1) is 6.10 Å². The number of hydrogen-bond acceptors (Lipinski definition) is 3. The lowest BCUT2D eigenvalue weighted by Gasteiger charge is -2.22. The van der Waals surface area contributed by atoms with Gasteiger partial charge in [0.1, 0.15) is 0 Å². The normalized spacial score (nSPS) is 15.1. The Labute approximate surface area is 139 Å². The van der Waals surface area contributed by atoms with Crippen LogP contribution < -0.4 is 11.1 Å². The van der Waals surface area contributed by atoms with Crippen molar-refractivity contribution in [1.29, 1.82) is 0 Å². The third-order valence-electron chi connectivity index (χ3n) is 4.19. The van der Waals surface area contributed by atoms with Crippen molar-refractivity contribution in [3.8, 4) is 0 Å². The van der Waals surface area contributed by atoms with Crippen LogP contribution in [0.4, 0.5) is 0 Å². The molecule has 0 aliphatic rings. The first-order valence-corrected chi connectivity index (χ1v) is 8.40. The van der Waals surface area contributed by atoms with Gasteiger partial charge in [0, 0.05) is 18.6 Å². The molecule has 0 aliphatic carbocycles. The molecule has 0 bridgehead atoms. The first-order chi connectivity index (χ1) is 11.1. The molecule has 1 unspecified atom stereocenters. The van der Waals surface area contributed by atoms with Gasteiger partial charge in [-0.25, -0.2) is 0 Å². The van der Waals surface area contributed by atoms with Crippen LogP contribution in [0.15, 0.2) is 60.7 Å². The summed E-state index contributed by atoms with van der Waals surface area (Å²) in [6.45, 7) is 2.68. The zero-order valence-corrected chi connectivity index (χ0v) is 13.9. The molecule has 3 heteroatoms. The predicted octanol–water partition coefficient (Wildman–Crippen LogP) is 2.53. The lowest BCUT2D eigenvalue weighted by Crippen LogP contribution is -2.45. The van der Waals surface area contributed by atoms with E-state index < -0.39 is 6.10 Å². The molecule has 2 aromatic rings. The van der Waals surface area contributed by atoms with Crippen molar-refractivity contribution in [3.05, 3.63) is 71.8 Å². The highest BCUT2D eigenvalue weighted by atomic mass is 16.3. The van der Waals surface area contributed by atoms with Crippen LogP contribution >= 0.6 is 0 Å². The average molecular weight is 312 g/mol. The van der Waals surface area contributed by atoms with E-state index in [4.69, 9.17) is 5.73 Å². The van der Waals surface area contributed by atoms with Crippen LogP contribution in [0.25, 0.3) is 0 Å². The van der Waals surface area contributed by atoms with Gasteiger partial charge in [-0.05, 0) is 37.3 Å². The Morgan fingerprint density at radius 1 is 0.957 bits per heavy atom. The third-order valence-corrected chi connectivity index (χ3v) is 4.19. The summed E-state index contributed by atoms with van der Waals surface area (Å²) in [5.74, 6) is 0. The lowest BCUT2D eigenvalue weighted by molar-refractivity contribution is 0.138. The van der Waals surface area contributed by atoms with E-state index in [-0.39, 0.29) is 6.04 Å². The minimum Gasteiger partial charge on any atom is -0.390 e. The van der Waals surface area contributed by atoms with Gasteiger partial charge in [-0.3, -0.25) is 0 Å². The maximum Gasteiger partial charge on any atom is 0.0818 e. The summed E-state index contributed by atoms with van der Waals surface area (Å²) >= 11 is 0. The molecule has 0 spiro atoms. The van der Waals surface area contributed by atoms with Crippen molar-refractivity contribution in [1.82, 2.24) is 5.32 Å². The van der Waals surface area contributed by atoms with Crippen LogP contribution in [0.5, 0.6) is 0 Å². The van der Waals surface area contributed by atoms with Crippen molar-refractivity contribution in [3.63, 3.8) is 0 Å².